The van der Waals surface area contributed by atoms with Crippen molar-refractivity contribution in [3.63, 3.8) is 0 Å². The fourth-order valence-electron chi connectivity index (χ4n) is 2.22. The van der Waals surface area contributed by atoms with Crippen LogP contribution in [0.4, 0.5) is 5.69 Å². The van der Waals surface area contributed by atoms with Crippen LogP contribution in [0, 0.1) is 10.1 Å². The Morgan fingerprint density at radius 1 is 1.22 bits per heavy atom. The number of esters is 1. The van der Waals surface area contributed by atoms with Gasteiger partial charge in [0.2, 0.25) is 5.91 Å². The third kappa shape index (κ3) is 8.96. The maximum Gasteiger partial charge on any atom is 0.307 e. The number of carbonyl (C=O) groups is 2. The summed E-state index contributed by atoms with van der Waals surface area (Å²) in [6.07, 6.45) is 3.85. The number of methoxy groups -OCH3 is 1. The number of amides is 1. The van der Waals surface area contributed by atoms with E-state index in [-0.39, 0.29) is 36.6 Å². The van der Waals surface area contributed by atoms with E-state index in [1.165, 1.54) is 25.3 Å². The highest BCUT2D eigenvalue weighted by molar-refractivity contribution is 5.92. The quantitative estimate of drug-likeness (QED) is 0.193. The largest absolute Gasteiger partial charge is 0.469 e. The zero-order chi connectivity index (χ0) is 20.2. The normalized spacial score (nSPS) is 11.0. The lowest BCUT2D eigenvalue weighted by Gasteiger charge is -2.21. The number of hydrogen-bond donors (Lipinski definition) is 0. The maximum absolute atomic E-state index is 12.5. The molecule has 0 aromatic heterocycles. The molecule has 27 heavy (non-hydrogen) atoms. The van der Waals surface area contributed by atoms with E-state index in [1.54, 1.807) is 23.1 Å². The number of nitro benzene ring substituents is 1. The molecule has 0 bridgehead atoms. The molecule has 0 spiro atoms. The van der Waals surface area contributed by atoms with Crippen LogP contribution in [-0.4, -0.2) is 54.6 Å². The van der Waals surface area contributed by atoms with Crippen molar-refractivity contribution >= 4 is 23.6 Å². The Balaban J connectivity index is 2.68. The van der Waals surface area contributed by atoms with Gasteiger partial charge < -0.3 is 14.4 Å². The second-order valence-electron chi connectivity index (χ2n) is 6.11. The van der Waals surface area contributed by atoms with Gasteiger partial charge in [0, 0.05) is 37.9 Å². The van der Waals surface area contributed by atoms with Crippen LogP contribution in [0.15, 0.2) is 30.3 Å². The topological polar surface area (TPSA) is 99.0 Å². The van der Waals surface area contributed by atoms with Crippen LogP contribution in [0.2, 0.25) is 0 Å². The van der Waals surface area contributed by atoms with Crippen LogP contribution in [0.5, 0.6) is 0 Å². The predicted molar refractivity (Wildman–Crippen MR) is 101 cm³/mol. The predicted octanol–water partition coefficient (Wildman–Crippen LogP) is 2.81. The van der Waals surface area contributed by atoms with Crippen molar-refractivity contribution < 1.29 is 24.0 Å². The summed E-state index contributed by atoms with van der Waals surface area (Å²) < 4.78 is 10.1. The standard InChI is InChI=1S/C19H26N2O6/c1-15(2)27-14-4-12-20(13-11-19(23)26-3)18(22)10-7-16-5-8-17(9-6-16)21(24)25/h5-10,15H,4,11-14H2,1-3H3/b10-7+. The van der Waals surface area contributed by atoms with E-state index in [0.717, 1.165) is 0 Å². The van der Waals surface area contributed by atoms with E-state index in [9.17, 15) is 19.7 Å². The van der Waals surface area contributed by atoms with Gasteiger partial charge in [0.25, 0.3) is 5.69 Å². The first-order chi connectivity index (χ1) is 12.8. The summed E-state index contributed by atoms with van der Waals surface area (Å²) in [6.45, 7) is 5.09. The summed E-state index contributed by atoms with van der Waals surface area (Å²) in [5.41, 5.74) is 0.661. The van der Waals surface area contributed by atoms with Crippen LogP contribution in [0.25, 0.3) is 6.08 Å². The lowest BCUT2D eigenvalue weighted by molar-refractivity contribution is -0.384. The SMILES string of the molecule is COC(=O)CCN(CCCOC(C)C)C(=O)/C=C/c1ccc([N+](=O)[O-])cc1. The molecular weight excluding hydrogens is 352 g/mol. The Morgan fingerprint density at radius 2 is 1.89 bits per heavy atom. The first-order valence-corrected chi connectivity index (χ1v) is 8.73. The lowest BCUT2D eigenvalue weighted by atomic mass is 10.2. The number of ether oxygens (including phenoxy) is 2. The van der Waals surface area contributed by atoms with Crippen LogP contribution >= 0.6 is 0 Å². The van der Waals surface area contributed by atoms with Gasteiger partial charge in [0.1, 0.15) is 0 Å². The molecule has 0 atom stereocenters. The molecule has 0 saturated heterocycles. The second kappa shape index (κ2) is 11.8. The zero-order valence-corrected chi connectivity index (χ0v) is 15.9. The summed E-state index contributed by atoms with van der Waals surface area (Å²) in [7, 11) is 1.31. The highest BCUT2D eigenvalue weighted by Crippen LogP contribution is 2.13. The van der Waals surface area contributed by atoms with Crippen molar-refractivity contribution in [1.29, 1.82) is 0 Å². The van der Waals surface area contributed by atoms with E-state index in [2.05, 4.69) is 4.74 Å². The molecule has 1 amide bonds. The first-order valence-electron chi connectivity index (χ1n) is 8.73. The molecule has 0 N–H and O–H groups in total. The summed E-state index contributed by atoms with van der Waals surface area (Å²) in [5, 5.41) is 10.7. The molecule has 1 rings (SSSR count). The fourth-order valence-corrected chi connectivity index (χ4v) is 2.22. The molecule has 8 nitrogen and oxygen atoms in total. The molecule has 0 fully saturated rings. The van der Waals surface area contributed by atoms with Crippen molar-refractivity contribution in [3.05, 3.63) is 46.0 Å². The van der Waals surface area contributed by atoms with Crippen molar-refractivity contribution in [1.82, 2.24) is 4.90 Å². The smallest absolute Gasteiger partial charge is 0.307 e. The van der Waals surface area contributed by atoms with Gasteiger partial charge in [0.15, 0.2) is 0 Å². The molecule has 0 radical (unpaired) electrons. The number of hydrogen-bond acceptors (Lipinski definition) is 6. The Bertz CT molecular complexity index is 655. The van der Waals surface area contributed by atoms with E-state index in [1.807, 2.05) is 13.8 Å². The van der Waals surface area contributed by atoms with Gasteiger partial charge in [-0.3, -0.25) is 19.7 Å². The third-order valence-electron chi connectivity index (χ3n) is 3.67. The molecular formula is C19H26N2O6. The molecule has 148 valence electrons. The number of benzene rings is 1. The minimum absolute atomic E-state index is 0.0108. The second-order valence-corrected chi connectivity index (χ2v) is 6.11. The number of rotatable bonds is 11. The van der Waals surface area contributed by atoms with Crippen LogP contribution < -0.4 is 0 Å². The minimum Gasteiger partial charge on any atom is -0.469 e. The Kier molecular flexibility index (Phi) is 9.74. The fraction of sp³-hybridized carbons (Fsp3) is 0.474. The molecule has 1 aromatic rings. The summed E-state index contributed by atoms with van der Waals surface area (Å²) in [6, 6.07) is 5.89. The number of nitro groups is 1. The minimum atomic E-state index is -0.480. The van der Waals surface area contributed by atoms with Gasteiger partial charge in [-0.2, -0.15) is 0 Å². The van der Waals surface area contributed by atoms with Gasteiger partial charge >= 0.3 is 5.97 Å². The highest BCUT2D eigenvalue weighted by atomic mass is 16.6. The molecule has 0 heterocycles. The van der Waals surface area contributed by atoms with Crippen molar-refractivity contribution in [2.24, 2.45) is 0 Å². The Hall–Kier alpha value is -2.74. The van der Waals surface area contributed by atoms with Gasteiger partial charge in [-0.25, -0.2) is 0 Å². The van der Waals surface area contributed by atoms with Gasteiger partial charge in [-0.15, -0.1) is 0 Å². The van der Waals surface area contributed by atoms with E-state index >= 15 is 0 Å². The Morgan fingerprint density at radius 3 is 2.44 bits per heavy atom. The van der Waals surface area contributed by atoms with E-state index in [4.69, 9.17) is 4.74 Å². The molecule has 0 unspecified atom stereocenters. The molecule has 0 aliphatic carbocycles. The molecule has 0 saturated carbocycles. The van der Waals surface area contributed by atoms with Gasteiger partial charge in [-0.05, 0) is 44.0 Å². The van der Waals surface area contributed by atoms with Gasteiger partial charge in [-0.1, -0.05) is 0 Å². The number of carbonyl (C=O) groups excluding carboxylic acids is 2. The first kappa shape index (κ1) is 22.3. The van der Waals surface area contributed by atoms with E-state index < -0.39 is 4.92 Å². The van der Waals surface area contributed by atoms with Crippen LogP contribution in [0.1, 0.15) is 32.3 Å². The van der Waals surface area contributed by atoms with Crippen LogP contribution in [-0.2, 0) is 19.1 Å². The maximum atomic E-state index is 12.5. The third-order valence-corrected chi connectivity index (χ3v) is 3.67. The number of nitrogens with zero attached hydrogens (tertiary/aromatic N) is 2. The van der Waals surface area contributed by atoms with Crippen molar-refractivity contribution in [3.8, 4) is 0 Å². The number of non-ortho nitro benzene ring substituents is 1. The van der Waals surface area contributed by atoms with Crippen molar-refractivity contribution in [2.45, 2.75) is 32.8 Å². The monoisotopic (exact) mass is 378 g/mol. The summed E-state index contributed by atoms with van der Waals surface area (Å²) in [5.74, 6) is -0.632. The van der Waals surface area contributed by atoms with E-state index in [0.29, 0.717) is 25.1 Å². The molecule has 0 aliphatic rings. The van der Waals surface area contributed by atoms with Crippen molar-refractivity contribution in [2.75, 3.05) is 26.8 Å². The molecule has 1 aromatic carbocycles. The highest BCUT2D eigenvalue weighted by Gasteiger charge is 2.13. The lowest BCUT2D eigenvalue weighted by Crippen LogP contribution is -2.33. The Labute approximate surface area is 158 Å². The molecule has 8 heteroatoms. The molecule has 0 aliphatic heterocycles. The van der Waals surface area contributed by atoms with Gasteiger partial charge in [0.05, 0.1) is 24.6 Å². The average Bonchev–Trinajstić information content (AvgIpc) is 2.65. The zero-order valence-electron chi connectivity index (χ0n) is 15.9. The average molecular weight is 378 g/mol. The van der Waals surface area contributed by atoms with Crippen LogP contribution in [0.3, 0.4) is 0 Å². The summed E-state index contributed by atoms with van der Waals surface area (Å²) >= 11 is 0. The summed E-state index contributed by atoms with van der Waals surface area (Å²) in [4.78, 5) is 35.6.